The van der Waals surface area contributed by atoms with Crippen LogP contribution in [0.3, 0.4) is 0 Å². The predicted molar refractivity (Wildman–Crippen MR) is 114 cm³/mol. The molecule has 3 rings (SSSR count). The normalized spacial score (nSPS) is 16.5. The van der Waals surface area contributed by atoms with Crippen molar-refractivity contribution in [1.29, 1.82) is 0 Å². The number of halogens is 4. The van der Waals surface area contributed by atoms with E-state index < -0.39 is 11.7 Å². The highest BCUT2D eigenvalue weighted by Gasteiger charge is 2.33. The molecule has 0 unspecified atom stereocenters. The van der Waals surface area contributed by atoms with Crippen molar-refractivity contribution in [3.05, 3.63) is 71.0 Å². The first-order chi connectivity index (χ1) is 13.8. The number of nitrogens with zero attached hydrogens (tertiary/aromatic N) is 2. The average Bonchev–Trinajstić information content (AvgIpc) is 2.69. The third-order valence-corrected chi connectivity index (χ3v) is 5.45. The fourth-order valence-electron chi connectivity index (χ4n) is 3.29. The highest BCUT2D eigenvalue weighted by Crippen LogP contribution is 2.36. The fraction of sp³-hybridized carbons (Fsp3) is 0.333. The molecule has 1 aromatic carbocycles. The lowest BCUT2D eigenvalue weighted by molar-refractivity contribution is -0.137. The summed E-state index contributed by atoms with van der Waals surface area (Å²) in [6.07, 6.45) is 6.32. The van der Waals surface area contributed by atoms with Crippen molar-refractivity contribution >= 4 is 34.6 Å². The molecule has 0 amide bonds. The lowest BCUT2D eigenvalue weighted by atomic mass is 9.94. The first-order valence-electron chi connectivity index (χ1n) is 9.29. The monoisotopic (exact) mass is 439 g/mol. The number of thiocarbonyl (C=S) groups is 1. The summed E-state index contributed by atoms with van der Waals surface area (Å²) in [5.74, 6) is 0.437. The minimum atomic E-state index is -4.53. The van der Waals surface area contributed by atoms with Gasteiger partial charge < -0.3 is 10.2 Å². The van der Waals surface area contributed by atoms with E-state index in [1.54, 1.807) is 12.4 Å². The van der Waals surface area contributed by atoms with Crippen molar-refractivity contribution in [3.63, 3.8) is 0 Å². The molecule has 0 radical (unpaired) electrons. The van der Waals surface area contributed by atoms with Crippen molar-refractivity contribution in [2.45, 2.75) is 32.0 Å². The molecular formula is C21H21ClF3N3S. The van der Waals surface area contributed by atoms with Gasteiger partial charge in [0, 0.05) is 31.2 Å². The molecule has 8 heteroatoms. The van der Waals surface area contributed by atoms with E-state index in [0.717, 1.165) is 30.9 Å². The lowest BCUT2D eigenvalue weighted by Crippen LogP contribution is -2.38. The highest BCUT2D eigenvalue weighted by atomic mass is 35.5. The summed E-state index contributed by atoms with van der Waals surface area (Å²) in [5.41, 5.74) is 0.352. The molecule has 0 saturated heterocycles. The molecule has 0 fully saturated rings. The van der Waals surface area contributed by atoms with Crippen LogP contribution in [0.15, 0.2) is 54.9 Å². The van der Waals surface area contributed by atoms with Crippen molar-refractivity contribution in [3.8, 4) is 0 Å². The molecule has 1 aliphatic rings. The second-order valence-corrected chi connectivity index (χ2v) is 7.81. The molecule has 0 spiro atoms. The average molecular weight is 440 g/mol. The number of allylic oxidation sites excluding steroid dienone is 2. The van der Waals surface area contributed by atoms with Gasteiger partial charge in [-0.25, -0.2) is 0 Å². The van der Waals surface area contributed by atoms with Gasteiger partial charge in [-0.2, -0.15) is 13.2 Å². The second kappa shape index (κ2) is 9.59. The van der Waals surface area contributed by atoms with Gasteiger partial charge in [-0.05, 0) is 67.2 Å². The fourth-order valence-corrected chi connectivity index (χ4v) is 3.77. The Morgan fingerprint density at radius 1 is 1.28 bits per heavy atom. The molecule has 0 bridgehead atoms. The van der Waals surface area contributed by atoms with E-state index in [1.165, 1.54) is 12.1 Å². The number of benzene rings is 1. The zero-order valence-corrected chi connectivity index (χ0v) is 17.2. The first kappa shape index (κ1) is 21.6. The Balaban J connectivity index is 1.77. The summed E-state index contributed by atoms with van der Waals surface area (Å²) in [6.45, 7) is 1.24. The van der Waals surface area contributed by atoms with Crippen LogP contribution in [0.4, 0.5) is 18.9 Å². The molecule has 29 heavy (non-hydrogen) atoms. The van der Waals surface area contributed by atoms with Crippen LogP contribution in [-0.2, 0) is 12.7 Å². The van der Waals surface area contributed by atoms with Crippen LogP contribution in [0.25, 0.3) is 0 Å². The molecular weight excluding hydrogens is 419 g/mol. The van der Waals surface area contributed by atoms with Crippen molar-refractivity contribution < 1.29 is 13.2 Å². The number of hydrogen-bond acceptors (Lipinski definition) is 2. The lowest BCUT2D eigenvalue weighted by Gasteiger charge is -2.31. The molecule has 1 aromatic heterocycles. The van der Waals surface area contributed by atoms with Gasteiger partial charge >= 0.3 is 6.18 Å². The van der Waals surface area contributed by atoms with Crippen molar-refractivity contribution in [2.75, 3.05) is 11.9 Å². The van der Waals surface area contributed by atoms with Crippen molar-refractivity contribution in [1.82, 2.24) is 9.88 Å². The van der Waals surface area contributed by atoms with Crippen LogP contribution < -0.4 is 5.32 Å². The van der Waals surface area contributed by atoms with E-state index >= 15 is 0 Å². The number of anilines is 1. The Labute approximate surface area is 178 Å². The van der Waals surface area contributed by atoms with Crippen LogP contribution >= 0.6 is 23.8 Å². The van der Waals surface area contributed by atoms with E-state index in [4.69, 9.17) is 23.8 Å². The summed E-state index contributed by atoms with van der Waals surface area (Å²) in [4.78, 5) is 6.12. The minimum absolute atomic E-state index is 0.256. The molecule has 1 aliphatic carbocycles. The molecule has 154 valence electrons. The standard InChI is InChI=1S/C21H21ClF3N3S/c22-19-9-8-17(11-18(19)21(23,24)25)27-20(29)28(13-15-5-2-1-3-6-15)14-16-7-4-10-26-12-16/h1-2,4,7-12,15H,3,5-6,13-14H2,(H,27,29)/t15-/m1/s1. The van der Waals surface area contributed by atoms with Gasteiger partial charge in [-0.15, -0.1) is 0 Å². The van der Waals surface area contributed by atoms with Crippen molar-refractivity contribution in [2.24, 2.45) is 5.92 Å². The predicted octanol–water partition coefficient (Wildman–Crippen LogP) is 6.31. The van der Waals surface area contributed by atoms with E-state index in [9.17, 15) is 13.2 Å². The number of rotatable bonds is 5. The molecule has 3 nitrogen and oxygen atoms in total. The molecule has 1 N–H and O–H groups in total. The van der Waals surface area contributed by atoms with Crippen LogP contribution in [-0.4, -0.2) is 21.5 Å². The number of pyridine rings is 1. The van der Waals surface area contributed by atoms with Crippen LogP contribution in [0, 0.1) is 5.92 Å². The molecule has 0 aliphatic heterocycles. The van der Waals surface area contributed by atoms with E-state index in [2.05, 4.69) is 22.5 Å². The molecule has 1 atom stereocenters. The van der Waals surface area contributed by atoms with Crippen LogP contribution in [0.5, 0.6) is 0 Å². The van der Waals surface area contributed by atoms with Crippen LogP contribution in [0.2, 0.25) is 5.02 Å². The summed E-state index contributed by atoms with van der Waals surface area (Å²) < 4.78 is 39.5. The second-order valence-electron chi connectivity index (χ2n) is 7.01. The third-order valence-electron chi connectivity index (χ3n) is 4.76. The van der Waals surface area contributed by atoms with E-state index in [1.807, 2.05) is 17.0 Å². The Bertz CT molecular complexity index is 871. The van der Waals surface area contributed by atoms with Gasteiger partial charge in [-0.3, -0.25) is 4.98 Å². The maximum absolute atomic E-state index is 13.2. The number of aromatic nitrogens is 1. The Hall–Kier alpha value is -2.12. The van der Waals surface area contributed by atoms with Gasteiger partial charge in [0.25, 0.3) is 0 Å². The topological polar surface area (TPSA) is 28.2 Å². The first-order valence-corrected chi connectivity index (χ1v) is 10.1. The molecule has 1 heterocycles. The maximum Gasteiger partial charge on any atom is 0.417 e. The van der Waals surface area contributed by atoms with Gasteiger partial charge in [0.1, 0.15) is 0 Å². The highest BCUT2D eigenvalue weighted by molar-refractivity contribution is 7.80. The summed E-state index contributed by atoms with van der Waals surface area (Å²) in [7, 11) is 0. The summed E-state index contributed by atoms with van der Waals surface area (Å²) in [6, 6.07) is 7.51. The largest absolute Gasteiger partial charge is 0.417 e. The molecule has 0 saturated carbocycles. The van der Waals surface area contributed by atoms with Gasteiger partial charge in [-0.1, -0.05) is 29.8 Å². The van der Waals surface area contributed by atoms with Crippen LogP contribution in [0.1, 0.15) is 30.4 Å². The smallest absolute Gasteiger partial charge is 0.344 e. The van der Waals surface area contributed by atoms with E-state index in [0.29, 0.717) is 24.1 Å². The SMILES string of the molecule is FC(F)(F)c1cc(NC(=S)N(Cc2cccnc2)C[C@@H]2CC=CCC2)ccc1Cl. The minimum Gasteiger partial charge on any atom is -0.344 e. The van der Waals surface area contributed by atoms with E-state index in [-0.39, 0.29) is 10.7 Å². The zero-order chi connectivity index (χ0) is 20.9. The summed E-state index contributed by atoms with van der Waals surface area (Å²) in [5, 5.41) is 2.99. The van der Waals surface area contributed by atoms with Gasteiger partial charge in [0.15, 0.2) is 5.11 Å². The van der Waals surface area contributed by atoms with Gasteiger partial charge in [0.2, 0.25) is 0 Å². The zero-order valence-electron chi connectivity index (χ0n) is 15.6. The Morgan fingerprint density at radius 3 is 2.76 bits per heavy atom. The third kappa shape index (κ3) is 6.18. The number of alkyl halides is 3. The number of hydrogen-bond donors (Lipinski definition) is 1. The molecule has 2 aromatic rings. The Morgan fingerprint density at radius 2 is 2.10 bits per heavy atom. The van der Waals surface area contributed by atoms with Gasteiger partial charge in [0.05, 0.1) is 10.6 Å². The number of nitrogens with one attached hydrogen (secondary N) is 1. The summed E-state index contributed by atoms with van der Waals surface area (Å²) >= 11 is 11.3. The quantitative estimate of drug-likeness (QED) is 0.436. The maximum atomic E-state index is 13.2. The Kier molecular flexibility index (Phi) is 7.14.